The molecule has 4 bridgehead atoms. The third-order valence-electron chi connectivity index (χ3n) is 11.1. The molecule has 44 heavy (non-hydrogen) atoms. The van der Waals surface area contributed by atoms with Gasteiger partial charge in [0, 0.05) is 12.6 Å². The highest BCUT2D eigenvalue weighted by Crippen LogP contribution is 2.60. The van der Waals surface area contributed by atoms with Gasteiger partial charge in [-0.05, 0) is 111 Å². The summed E-state index contributed by atoms with van der Waals surface area (Å²) in [6.45, 7) is 1.74. The van der Waals surface area contributed by atoms with Gasteiger partial charge in [0.15, 0.2) is 0 Å². The summed E-state index contributed by atoms with van der Waals surface area (Å²) in [4.78, 5) is 28.9. The maximum absolute atomic E-state index is 14.0. The van der Waals surface area contributed by atoms with Crippen molar-refractivity contribution in [3.63, 3.8) is 0 Å². The molecule has 1 atom stereocenters. The van der Waals surface area contributed by atoms with E-state index in [1.807, 2.05) is 42.5 Å². The van der Waals surface area contributed by atoms with E-state index in [0.717, 1.165) is 55.3 Å². The second-order valence-corrected chi connectivity index (χ2v) is 16.3. The highest BCUT2D eigenvalue weighted by Gasteiger charge is 2.51. The molecule has 0 aliphatic heterocycles. The summed E-state index contributed by atoms with van der Waals surface area (Å²) in [5.74, 6) is 1.92. The van der Waals surface area contributed by atoms with Gasteiger partial charge in [-0.3, -0.25) is 13.9 Å². The summed E-state index contributed by atoms with van der Waals surface area (Å²) in [5.41, 5.74) is 3.09. The highest BCUT2D eigenvalue weighted by atomic mass is 32.2. The molecule has 0 aromatic heterocycles. The van der Waals surface area contributed by atoms with Crippen molar-refractivity contribution in [1.29, 1.82) is 0 Å². The minimum atomic E-state index is -3.75. The third kappa shape index (κ3) is 6.85. The molecule has 0 heterocycles. The molecular weight excluding hydrogens is 570 g/mol. The average Bonchev–Trinajstić information content (AvgIpc) is 3.00. The lowest BCUT2D eigenvalue weighted by atomic mass is 9.48. The molecule has 5 aliphatic carbocycles. The van der Waals surface area contributed by atoms with Crippen LogP contribution in [-0.2, 0) is 31.4 Å². The molecule has 0 saturated heterocycles. The van der Waals surface area contributed by atoms with Crippen LogP contribution in [0, 0.1) is 17.8 Å². The molecule has 5 aliphatic rings. The standard InChI is InChI=1S/C36H49N3O4S/c1-26(35(41)37-32-11-7-4-8-12-32)38(18-17-27-9-5-3-6-10-27)34(40)25-39(44(2,42)43)33-15-13-31(14-16-33)36-22-28-19-29(23-36)21-30(20-28)24-36/h3,5-6,9-10,13-16,26,28-30,32H,4,7-8,11-12,17-25H2,1-2H3,(H,37,41). The first-order valence-corrected chi connectivity index (χ1v) is 18.7. The third-order valence-corrected chi connectivity index (χ3v) is 12.2. The van der Waals surface area contributed by atoms with Crippen molar-refractivity contribution in [3.05, 3.63) is 65.7 Å². The van der Waals surface area contributed by atoms with Crippen LogP contribution in [-0.4, -0.2) is 56.6 Å². The smallest absolute Gasteiger partial charge is 0.244 e. The van der Waals surface area contributed by atoms with E-state index in [1.165, 1.54) is 54.8 Å². The first-order valence-electron chi connectivity index (χ1n) is 16.8. The summed E-state index contributed by atoms with van der Waals surface area (Å²) < 4.78 is 27.4. The van der Waals surface area contributed by atoms with E-state index in [1.54, 1.807) is 11.8 Å². The van der Waals surface area contributed by atoms with Gasteiger partial charge in [0.25, 0.3) is 0 Å². The summed E-state index contributed by atoms with van der Waals surface area (Å²) in [6, 6.07) is 17.3. The van der Waals surface area contributed by atoms with Crippen LogP contribution >= 0.6 is 0 Å². The lowest BCUT2D eigenvalue weighted by molar-refractivity contribution is -0.139. The number of carbonyl (C=O) groups is 2. The number of amides is 2. The van der Waals surface area contributed by atoms with Crippen molar-refractivity contribution in [2.75, 3.05) is 23.7 Å². The van der Waals surface area contributed by atoms with Crippen molar-refractivity contribution < 1.29 is 18.0 Å². The van der Waals surface area contributed by atoms with Gasteiger partial charge in [-0.25, -0.2) is 8.42 Å². The minimum Gasteiger partial charge on any atom is -0.352 e. The summed E-state index contributed by atoms with van der Waals surface area (Å²) in [5, 5.41) is 3.16. The first-order chi connectivity index (χ1) is 21.1. The fourth-order valence-corrected chi connectivity index (χ4v) is 10.0. The van der Waals surface area contributed by atoms with Crippen LogP contribution in [0.2, 0.25) is 0 Å². The largest absolute Gasteiger partial charge is 0.352 e. The Morgan fingerprint density at radius 2 is 1.48 bits per heavy atom. The SMILES string of the molecule is CC(C(=O)NC1CCCCC1)N(CCc1ccccc1)C(=O)CN(c1ccc(C23CC4CC(CC(C4)C2)C3)cc1)S(C)(=O)=O. The number of benzene rings is 2. The van der Waals surface area contributed by atoms with Crippen molar-refractivity contribution in [1.82, 2.24) is 10.2 Å². The van der Waals surface area contributed by atoms with Crippen LogP contribution in [0.15, 0.2) is 54.6 Å². The fraction of sp³-hybridized carbons (Fsp3) is 0.611. The predicted molar refractivity (Wildman–Crippen MR) is 175 cm³/mol. The molecule has 1 N–H and O–H groups in total. The quantitative estimate of drug-likeness (QED) is 0.343. The molecule has 7 nitrogen and oxygen atoms in total. The van der Waals surface area contributed by atoms with Crippen LogP contribution in [0.4, 0.5) is 5.69 Å². The minimum absolute atomic E-state index is 0.129. The van der Waals surface area contributed by atoms with Gasteiger partial charge >= 0.3 is 0 Å². The lowest BCUT2D eigenvalue weighted by Crippen LogP contribution is -2.53. The van der Waals surface area contributed by atoms with E-state index >= 15 is 0 Å². The van der Waals surface area contributed by atoms with E-state index in [0.29, 0.717) is 18.7 Å². The first kappa shape index (κ1) is 31.1. The topological polar surface area (TPSA) is 86.8 Å². The van der Waals surface area contributed by atoms with E-state index in [9.17, 15) is 18.0 Å². The van der Waals surface area contributed by atoms with E-state index in [2.05, 4.69) is 17.4 Å². The second-order valence-electron chi connectivity index (χ2n) is 14.4. The lowest BCUT2D eigenvalue weighted by Gasteiger charge is -2.57. The van der Waals surface area contributed by atoms with Crippen molar-refractivity contribution >= 4 is 27.5 Å². The molecule has 0 radical (unpaired) electrons. The number of carbonyl (C=O) groups excluding carboxylic acids is 2. The van der Waals surface area contributed by atoms with Crippen LogP contribution in [0.25, 0.3) is 0 Å². The van der Waals surface area contributed by atoms with Crippen molar-refractivity contribution in [2.24, 2.45) is 17.8 Å². The van der Waals surface area contributed by atoms with Gasteiger partial charge in [-0.2, -0.15) is 0 Å². The maximum Gasteiger partial charge on any atom is 0.244 e. The zero-order chi connectivity index (χ0) is 30.9. The zero-order valence-electron chi connectivity index (χ0n) is 26.4. The van der Waals surface area contributed by atoms with Gasteiger partial charge in [0.05, 0.1) is 11.9 Å². The summed E-state index contributed by atoms with van der Waals surface area (Å²) in [7, 11) is -3.75. The number of hydrogen-bond acceptors (Lipinski definition) is 4. The number of nitrogens with one attached hydrogen (secondary N) is 1. The highest BCUT2D eigenvalue weighted by molar-refractivity contribution is 7.92. The number of sulfonamides is 1. The molecule has 8 heteroatoms. The van der Waals surface area contributed by atoms with E-state index in [-0.39, 0.29) is 29.8 Å². The molecule has 2 amide bonds. The van der Waals surface area contributed by atoms with Crippen LogP contribution in [0.5, 0.6) is 0 Å². The van der Waals surface area contributed by atoms with E-state index < -0.39 is 16.1 Å². The Hall–Kier alpha value is -2.87. The van der Waals surface area contributed by atoms with Gasteiger partial charge in [0.2, 0.25) is 21.8 Å². The molecule has 5 saturated carbocycles. The van der Waals surface area contributed by atoms with Crippen LogP contribution < -0.4 is 9.62 Å². The van der Waals surface area contributed by atoms with E-state index in [4.69, 9.17) is 0 Å². The van der Waals surface area contributed by atoms with Crippen LogP contribution in [0.3, 0.4) is 0 Å². The Bertz CT molecular complexity index is 1380. The number of rotatable bonds is 11. The van der Waals surface area contributed by atoms with Gasteiger partial charge < -0.3 is 10.2 Å². The molecular formula is C36H49N3O4S. The Balaban J connectivity index is 1.20. The number of anilines is 1. The van der Waals surface area contributed by atoms with Gasteiger partial charge in [-0.1, -0.05) is 61.7 Å². The predicted octanol–water partition coefficient (Wildman–Crippen LogP) is 5.83. The normalized spacial score (nSPS) is 27.1. The van der Waals surface area contributed by atoms with Gasteiger partial charge in [-0.15, -0.1) is 0 Å². The molecule has 238 valence electrons. The molecule has 1 unspecified atom stereocenters. The Kier molecular flexibility index (Phi) is 9.10. The van der Waals surface area contributed by atoms with Crippen molar-refractivity contribution in [3.8, 4) is 0 Å². The molecule has 7 rings (SSSR count). The monoisotopic (exact) mass is 619 g/mol. The molecule has 2 aromatic carbocycles. The molecule has 0 spiro atoms. The second kappa shape index (κ2) is 12.9. The number of hydrogen-bond donors (Lipinski definition) is 1. The Labute approximate surface area is 263 Å². The van der Waals surface area contributed by atoms with Gasteiger partial charge in [0.1, 0.15) is 12.6 Å². The Morgan fingerprint density at radius 3 is 2.05 bits per heavy atom. The maximum atomic E-state index is 14.0. The number of nitrogens with zero attached hydrogens (tertiary/aromatic N) is 2. The average molecular weight is 620 g/mol. The summed E-state index contributed by atoms with van der Waals surface area (Å²) >= 11 is 0. The Morgan fingerprint density at radius 1 is 0.886 bits per heavy atom. The molecule has 2 aromatic rings. The zero-order valence-corrected chi connectivity index (χ0v) is 27.2. The molecule has 5 fully saturated rings. The van der Waals surface area contributed by atoms with Crippen LogP contribution in [0.1, 0.15) is 88.7 Å². The fourth-order valence-electron chi connectivity index (χ4n) is 9.20. The summed E-state index contributed by atoms with van der Waals surface area (Å²) in [6.07, 6.45) is 14.9. The van der Waals surface area contributed by atoms with Crippen molar-refractivity contribution in [2.45, 2.75) is 101 Å².